The number of hydrogen-bond donors (Lipinski definition) is 3. The summed E-state index contributed by atoms with van der Waals surface area (Å²) in [7, 11) is 0. The van der Waals surface area contributed by atoms with Crippen LogP contribution >= 0.6 is 0 Å². The number of nitrogens with zero attached hydrogens (tertiary/aromatic N) is 1. The molecule has 1 aliphatic heterocycles. The Morgan fingerprint density at radius 1 is 0.794 bits per heavy atom. The summed E-state index contributed by atoms with van der Waals surface area (Å²) < 4.78 is 5.09. The zero-order valence-corrected chi connectivity index (χ0v) is 18.9. The summed E-state index contributed by atoms with van der Waals surface area (Å²) in [4.78, 5) is 39.4. The first-order valence-electron chi connectivity index (χ1n) is 11.5. The van der Waals surface area contributed by atoms with Crippen molar-refractivity contribution >= 4 is 34.8 Å². The molecule has 4 rings (SSSR count). The number of amides is 3. The summed E-state index contributed by atoms with van der Waals surface area (Å²) in [6.45, 7) is 1.58. The summed E-state index contributed by atoms with van der Waals surface area (Å²) >= 11 is 0. The van der Waals surface area contributed by atoms with Gasteiger partial charge in [-0.3, -0.25) is 14.4 Å². The maximum Gasteiger partial charge on any atom is 0.291 e. The van der Waals surface area contributed by atoms with Gasteiger partial charge in [0.15, 0.2) is 5.76 Å². The van der Waals surface area contributed by atoms with Gasteiger partial charge >= 0.3 is 0 Å². The minimum atomic E-state index is -0.352. The number of benzene rings is 2. The molecule has 3 N–H and O–H groups in total. The van der Waals surface area contributed by atoms with Gasteiger partial charge in [-0.15, -0.1) is 0 Å². The number of anilines is 3. The number of carbonyl (C=O) groups is 3. The van der Waals surface area contributed by atoms with E-state index in [1.807, 2.05) is 4.90 Å². The molecular weight excluding hydrogens is 432 g/mol. The molecule has 0 radical (unpaired) electrons. The highest BCUT2D eigenvalue weighted by atomic mass is 16.3. The van der Waals surface area contributed by atoms with E-state index < -0.39 is 0 Å². The fourth-order valence-electron chi connectivity index (χ4n) is 3.88. The highest BCUT2D eigenvalue weighted by molar-refractivity contribution is 6.02. The first-order chi connectivity index (χ1) is 16.6. The maximum atomic E-state index is 12.8. The van der Waals surface area contributed by atoms with Crippen LogP contribution in [0.25, 0.3) is 0 Å². The molecule has 3 amide bonds. The van der Waals surface area contributed by atoms with E-state index in [0.29, 0.717) is 22.6 Å². The predicted molar refractivity (Wildman–Crippen MR) is 131 cm³/mol. The normalized spacial score (nSPS) is 13.6. The Bertz CT molecular complexity index is 1140. The number of rotatable bonds is 7. The van der Waals surface area contributed by atoms with E-state index in [1.54, 1.807) is 60.7 Å². The summed E-state index contributed by atoms with van der Waals surface area (Å²) in [6, 6.07) is 17.3. The van der Waals surface area contributed by atoms with Crippen molar-refractivity contribution in [2.24, 2.45) is 0 Å². The van der Waals surface area contributed by atoms with Gasteiger partial charge in [-0.25, -0.2) is 0 Å². The van der Waals surface area contributed by atoms with Gasteiger partial charge in [0.05, 0.1) is 12.8 Å². The van der Waals surface area contributed by atoms with Crippen LogP contribution < -0.4 is 16.0 Å². The van der Waals surface area contributed by atoms with E-state index in [2.05, 4.69) is 16.0 Å². The van der Waals surface area contributed by atoms with Crippen molar-refractivity contribution in [3.63, 3.8) is 0 Å². The molecule has 0 atom stereocenters. The van der Waals surface area contributed by atoms with Crippen LogP contribution in [0.15, 0.2) is 71.3 Å². The predicted octanol–water partition coefficient (Wildman–Crippen LogP) is 4.60. The lowest BCUT2D eigenvalue weighted by Crippen LogP contribution is -2.31. The summed E-state index contributed by atoms with van der Waals surface area (Å²) in [5.74, 6) is -0.377. The van der Waals surface area contributed by atoms with E-state index in [-0.39, 0.29) is 30.0 Å². The zero-order chi connectivity index (χ0) is 23.8. The minimum absolute atomic E-state index is 0.00420. The van der Waals surface area contributed by atoms with E-state index in [0.717, 1.165) is 38.8 Å². The molecule has 2 heterocycles. The largest absolute Gasteiger partial charge is 0.459 e. The molecule has 0 aliphatic carbocycles. The average molecular weight is 461 g/mol. The van der Waals surface area contributed by atoms with Crippen LogP contribution in [0, 0.1) is 0 Å². The maximum absolute atomic E-state index is 12.8. The number of nitrogens with one attached hydrogen (secondary N) is 3. The zero-order valence-electron chi connectivity index (χ0n) is 18.9. The second-order valence-electron chi connectivity index (χ2n) is 8.20. The number of carbonyl (C=O) groups excluding carboxylic acids is 3. The Balaban J connectivity index is 1.31. The molecule has 1 fully saturated rings. The van der Waals surface area contributed by atoms with E-state index in [1.165, 1.54) is 6.26 Å². The van der Waals surface area contributed by atoms with Crippen molar-refractivity contribution < 1.29 is 18.8 Å². The molecule has 8 nitrogen and oxygen atoms in total. The van der Waals surface area contributed by atoms with E-state index >= 15 is 0 Å². The van der Waals surface area contributed by atoms with E-state index in [4.69, 9.17) is 4.42 Å². The molecule has 1 aromatic heterocycles. The van der Waals surface area contributed by atoms with Gasteiger partial charge in [0.25, 0.3) is 11.8 Å². The van der Waals surface area contributed by atoms with Crippen LogP contribution in [0.3, 0.4) is 0 Å². The third kappa shape index (κ3) is 6.25. The highest BCUT2D eigenvalue weighted by Crippen LogP contribution is 2.18. The molecule has 0 unspecified atom stereocenters. The topological polar surface area (TPSA) is 104 Å². The van der Waals surface area contributed by atoms with Crippen LogP contribution in [0.2, 0.25) is 0 Å². The summed E-state index contributed by atoms with van der Waals surface area (Å²) in [5, 5.41) is 8.63. The molecule has 0 spiro atoms. The molecule has 176 valence electrons. The quantitative estimate of drug-likeness (QED) is 0.478. The van der Waals surface area contributed by atoms with Gasteiger partial charge in [0, 0.05) is 35.7 Å². The van der Waals surface area contributed by atoms with Crippen molar-refractivity contribution in [2.75, 3.05) is 35.6 Å². The van der Waals surface area contributed by atoms with Crippen LogP contribution in [-0.4, -0.2) is 42.3 Å². The highest BCUT2D eigenvalue weighted by Gasteiger charge is 2.17. The van der Waals surface area contributed by atoms with Gasteiger partial charge in [0.1, 0.15) is 0 Å². The Labute approximate surface area is 198 Å². The Morgan fingerprint density at radius 3 is 2.24 bits per heavy atom. The fraction of sp³-hybridized carbons (Fsp3) is 0.269. The van der Waals surface area contributed by atoms with Crippen molar-refractivity contribution in [1.82, 2.24) is 4.90 Å². The fourth-order valence-corrected chi connectivity index (χ4v) is 3.88. The molecule has 1 saturated heterocycles. The number of hydrogen-bond acceptors (Lipinski definition) is 5. The molecule has 2 aromatic carbocycles. The standard InChI is InChI=1S/C26H28N4O4/c31-24(18-27-20-9-6-11-22(17-20)29-25(32)23-12-7-15-34-23)28-21-10-5-8-19(16-21)26(33)30-13-3-1-2-4-14-30/h5-12,15-17,27H,1-4,13-14,18H2,(H,28,31)(H,29,32). The first kappa shape index (κ1) is 23.1. The van der Waals surface area contributed by atoms with Gasteiger partial charge < -0.3 is 25.3 Å². The lowest BCUT2D eigenvalue weighted by Gasteiger charge is -2.20. The average Bonchev–Trinajstić information content (AvgIpc) is 3.26. The minimum Gasteiger partial charge on any atom is -0.459 e. The van der Waals surface area contributed by atoms with Crippen LogP contribution in [-0.2, 0) is 4.79 Å². The van der Waals surface area contributed by atoms with Crippen LogP contribution in [0.1, 0.15) is 46.6 Å². The Hall–Kier alpha value is -4.07. The molecule has 34 heavy (non-hydrogen) atoms. The van der Waals surface area contributed by atoms with Gasteiger partial charge in [0.2, 0.25) is 5.91 Å². The SMILES string of the molecule is O=C(CNc1cccc(NC(=O)c2ccco2)c1)Nc1cccc(C(=O)N2CCCCCC2)c1. The van der Waals surface area contributed by atoms with Crippen LogP contribution in [0.5, 0.6) is 0 Å². The third-order valence-electron chi connectivity index (χ3n) is 5.61. The number of furan rings is 1. The van der Waals surface area contributed by atoms with Crippen LogP contribution in [0.4, 0.5) is 17.1 Å². The molecule has 0 bridgehead atoms. The van der Waals surface area contributed by atoms with Gasteiger partial charge in [-0.1, -0.05) is 25.0 Å². The molecular formula is C26H28N4O4. The van der Waals surface area contributed by atoms with Crippen molar-refractivity contribution in [3.8, 4) is 0 Å². The second kappa shape index (κ2) is 11.2. The van der Waals surface area contributed by atoms with Crippen molar-refractivity contribution in [1.29, 1.82) is 0 Å². The lowest BCUT2D eigenvalue weighted by atomic mass is 10.1. The monoisotopic (exact) mass is 460 g/mol. The molecule has 3 aromatic rings. The Kier molecular flexibility index (Phi) is 7.60. The smallest absolute Gasteiger partial charge is 0.291 e. The molecule has 8 heteroatoms. The first-order valence-corrected chi connectivity index (χ1v) is 11.5. The van der Waals surface area contributed by atoms with Crippen molar-refractivity contribution in [2.45, 2.75) is 25.7 Å². The van der Waals surface area contributed by atoms with E-state index in [9.17, 15) is 14.4 Å². The number of likely N-dealkylation sites (tertiary alicyclic amines) is 1. The molecule has 1 aliphatic rings. The van der Waals surface area contributed by atoms with Gasteiger partial charge in [-0.05, 0) is 61.4 Å². The third-order valence-corrected chi connectivity index (χ3v) is 5.61. The molecule has 0 saturated carbocycles. The second-order valence-corrected chi connectivity index (χ2v) is 8.20. The summed E-state index contributed by atoms with van der Waals surface area (Å²) in [6.07, 6.45) is 5.81. The Morgan fingerprint density at radius 2 is 1.50 bits per heavy atom. The van der Waals surface area contributed by atoms with Crippen molar-refractivity contribution in [3.05, 3.63) is 78.3 Å². The van der Waals surface area contributed by atoms with Gasteiger partial charge in [-0.2, -0.15) is 0 Å². The summed E-state index contributed by atoms with van der Waals surface area (Å²) in [5.41, 5.74) is 2.41. The lowest BCUT2D eigenvalue weighted by molar-refractivity contribution is -0.114.